The van der Waals surface area contributed by atoms with Crippen LogP contribution in [0, 0.1) is 0 Å². The Balaban J connectivity index is 1.88. The smallest absolute Gasteiger partial charge is 0.0931 e. The van der Waals surface area contributed by atoms with Crippen molar-refractivity contribution in [1.29, 1.82) is 0 Å². The van der Waals surface area contributed by atoms with Gasteiger partial charge >= 0.3 is 0 Å². The maximum absolute atomic E-state index is 8.75. The van der Waals surface area contributed by atoms with E-state index in [1.807, 2.05) is 17.8 Å². The van der Waals surface area contributed by atoms with Crippen molar-refractivity contribution in [2.75, 3.05) is 24.7 Å². The lowest BCUT2D eigenvalue weighted by Gasteiger charge is -2.16. The molecule has 0 saturated heterocycles. The molecule has 2 aromatic rings. The van der Waals surface area contributed by atoms with Crippen molar-refractivity contribution in [2.45, 2.75) is 12.5 Å². The topological polar surface area (TPSA) is 32.3 Å². The van der Waals surface area contributed by atoms with Crippen LogP contribution in [-0.4, -0.2) is 29.8 Å². The van der Waals surface area contributed by atoms with E-state index in [0.717, 1.165) is 28.8 Å². The minimum atomic E-state index is 0.242. The summed E-state index contributed by atoms with van der Waals surface area (Å²) in [6.07, 6.45) is 0.875. The monoisotopic (exact) mass is 347 g/mol. The fourth-order valence-corrected chi connectivity index (χ4v) is 4.67. The Morgan fingerprint density at radius 3 is 2.80 bits per heavy atom. The SMILES string of the molecule is OCCCSCCNC(c1cccs1)c1ccc(Cl)s1. The van der Waals surface area contributed by atoms with Crippen molar-refractivity contribution in [3.8, 4) is 0 Å². The van der Waals surface area contributed by atoms with Crippen molar-refractivity contribution in [1.82, 2.24) is 5.32 Å². The summed E-state index contributed by atoms with van der Waals surface area (Å²) in [6, 6.07) is 8.55. The predicted molar refractivity (Wildman–Crippen MR) is 92.5 cm³/mol. The standard InChI is InChI=1S/C14H18ClNOS3/c15-13-5-4-12(20-13)14(11-3-1-9-19-11)16-6-10-18-8-2-7-17/h1,3-5,9,14,16-17H,2,6-8,10H2. The molecule has 1 unspecified atom stereocenters. The van der Waals surface area contributed by atoms with Crippen LogP contribution in [-0.2, 0) is 0 Å². The summed E-state index contributed by atoms with van der Waals surface area (Å²) >= 11 is 11.3. The Kier molecular flexibility index (Phi) is 7.41. The number of aliphatic hydroxyl groups is 1. The third-order valence-corrected chi connectivity index (χ3v) is 6.05. The summed E-state index contributed by atoms with van der Waals surface area (Å²) in [5.41, 5.74) is 0. The molecular formula is C14H18ClNOS3. The van der Waals surface area contributed by atoms with Gasteiger partial charge in [0.05, 0.1) is 10.4 Å². The summed E-state index contributed by atoms with van der Waals surface area (Å²) in [5, 5.41) is 14.5. The molecule has 0 fully saturated rings. The average molecular weight is 348 g/mol. The van der Waals surface area contributed by atoms with E-state index >= 15 is 0 Å². The first-order chi connectivity index (χ1) is 9.81. The molecule has 0 aromatic carbocycles. The molecule has 1 atom stereocenters. The third-order valence-electron chi connectivity index (χ3n) is 2.75. The molecule has 2 heterocycles. The average Bonchev–Trinajstić information content (AvgIpc) is 3.10. The van der Waals surface area contributed by atoms with E-state index < -0.39 is 0 Å². The summed E-state index contributed by atoms with van der Waals surface area (Å²) in [7, 11) is 0. The number of rotatable bonds is 9. The highest BCUT2D eigenvalue weighted by Crippen LogP contribution is 2.32. The number of thioether (sulfide) groups is 1. The first-order valence-electron chi connectivity index (χ1n) is 6.52. The highest BCUT2D eigenvalue weighted by Gasteiger charge is 2.16. The van der Waals surface area contributed by atoms with Crippen LogP contribution in [0.3, 0.4) is 0 Å². The Bertz CT molecular complexity index is 486. The molecule has 0 aliphatic rings. The molecule has 0 radical (unpaired) electrons. The fraction of sp³-hybridized carbons (Fsp3) is 0.429. The zero-order valence-electron chi connectivity index (χ0n) is 11.0. The maximum atomic E-state index is 8.75. The quantitative estimate of drug-likeness (QED) is 0.665. The van der Waals surface area contributed by atoms with Crippen LogP contribution in [0.15, 0.2) is 29.6 Å². The Labute approximate surface area is 137 Å². The number of thiophene rings is 2. The molecule has 2 nitrogen and oxygen atoms in total. The zero-order chi connectivity index (χ0) is 14.2. The first-order valence-corrected chi connectivity index (χ1v) is 9.75. The third kappa shape index (κ3) is 5.06. The van der Waals surface area contributed by atoms with Crippen molar-refractivity contribution in [3.63, 3.8) is 0 Å². The van der Waals surface area contributed by atoms with E-state index in [0.29, 0.717) is 0 Å². The molecule has 0 bridgehead atoms. The fourth-order valence-electron chi connectivity index (χ4n) is 1.82. The number of aliphatic hydroxyl groups excluding tert-OH is 1. The van der Waals surface area contributed by atoms with Crippen LogP contribution in [0.4, 0.5) is 0 Å². The lowest BCUT2D eigenvalue weighted by atomic mass is 10.2. The van der Waals surface area contributed by atoms with Crippen LogP contribution >= 0.6 is 46.0 Å². The maximum Gasteiger partial charge on any atom is 0.0931 e. The molecule has 0 saturated carbocycles. The van der Waals surface area contributed by atoms with Gasteiger partial charge in [-0.25, -0.2) is 0 Å². The van der Waals surface area contributed by atoms with Crippen molar-refractivity contribution in [3.05, 3.63) is 43.7 Å². The van der Waals surface area contributed by atoms with Crippen LogP contribution in [0.2, 0.25) is 4.34 Å². The largest absolute Gasteiger partial charge is 0.396 e. The highest BCUT2D eigenvalue weighted by molar-refractivity contribution is 7.99. The van der Waals surface area contributed by atoms with E-state index in [2.05, 4.69) is 28.9 Å². The van der Waals surface area contributed by atoms with Gasteiger partial charge in [-0.1, -0.05) is 17.7 Å². The predicted octanol–water partition coefficient (Wildman–Crippen LogP) is 4.26. The normalized spacial score (nSPS) is 12.7. The molecule has 0 spiro atoms. The van der Waals surface area contributed by atoms with Gasteiger partial charge in [0, 0.05) is 28.7 Å². The molecular weight excluding hydrogens is 330 g/mol. The van der Waals surface area contributed by atoms with Gasteiger partial charge in [-0.3, -0.25) is 0 Å². The van der Waals surface area contributed by atoms with Gasteiger partial charge < -0.3 is 10.4 Å². The van der Waals surface area contributed by atoms with Gasteiger partial charge in [0.25, 0.3) is 0 Å². The van der Waals surface area contributed by atoms with Crippen LogP contribution in [0.1, 0.15) is 22.2 Å². The first kappa shape index (κ1) is 16.3. The number of halogens is 1. The Hall–Kier alpha value is -0.0400. The summed E-state index contributed by atoms with van der Waals surface area (Å²) in [5.74, 6) is 2.08. The molecule has 0 aliphatic carbocycles. The van der Waals surface area contributed by atoms with E-state index in [-0.39, 0.29) is 12.6 Å². The molecule has 2 rings (SSSR count). The minimum Gasteiger partial charge on any atom is -0.396 e. The zero-order valence-corrected chi connectivity index (χ0v) is 14.3. The molecule has 0 aliphatic heterocycles. The lowest BCUT2D eigenvalue weighted by molar-refractivity contribution is 0.296. The van der Waals surface area contributed by atoms with E-state index in [9.17, 15) is 0 Å². The molecule has 0 amide bonds. The van der Waals surface area contributed by atoms with Gasteiger partial charge in [-0.15, -0.1) is 22.7 Å². The van der Waals surface area contributed by atoms with Crippen molar-refractivity contribution < 1.29 is 5.11 Å². The second-order valence-electron chi connectivity index (χ2n) is 4.23. The van der Waals surface area contributed by atoms with Gasteiger partial charge in [0.15, 0.2) is 0 Å². The van der Waals surface area contributed by atoms with Gasteiger partial charge in [0.1, 0.15) is 0 Å². The van der Waals surface area contributed by atoms with Crippen molar-refractivity contribution in [2.24, 2.45) is 0 Å². The minimum absolute atomic E-state index is 0.242. The molecule has 2 aromatic heterocycles. The van der Waals surface area contributed by atoms with E-state index in [1.54, 1.807) is 22.7 Å². The summed E-state index contributed by atoms with van der Waals surface area (Å²) < 4.78 is 0.834. The Morgan fingerprint density at radius 1 is 1.25 bits per heavy atom. The number of hydrogen-bond donors (Lipinski definition) is 2. The molecule has 6 heteroatoms. The lowest BCUT2D eigenvalue weighted by Crippen LogP contribution is -2.23. The molecule has 110 valence electrons. The van der Waals surface area contributed by atoms with Gasteiger partial charge in [-0.05, 0) is 35.8 Å². The Morgan fingerprint density at radius 2 is 2.15 bits per heavy atom. The van der Waals surface area contributed by atoms with E-state index in [1.165, 1.54) is 9.75 Å². The molecule has 2 N–H and O–H groups in total. The highest BCUT2D eigenvalue weighted by atomic mass is 35.5. The van der Waals surface area contributed by atoms with Crippen LogP contribution < -0.4 is 5.32 Å². The summed E-state index contributed by atoms with van der Waals surface area (Å²) in [6.45, 7) is 1.24. The number of hydrogen-bond acceptors (Lipinski definition) is 5. The number of nitrogens with one attached hydrogen (secondary N) is 1. The summed E-state index contributed by atoms with van der Waals surface area (Å²) in [4.78, 5) is 2.58. The van der Waals surface area contributed by atoms with Gasteiger partial charge in [0.2, 0.25) is 0 Å². The van der Waals surface area contributed by atoms with Crippen LogP contribution in [0.25, 0.3) is 0 Å². The second kappa shape index (κ2) is 9.07. The van der Waals surface area contributed by atoms with Crippen molar-refractivity contribution >= 4 is 46.0 Å². The van der Waals surface area contributed by atoms with Gasteiger partial charge in [-0.2, -0.15) is 11.8 Å². The second-order valence-corrected chi connectivity index (χ2v) is 8.18. The van der Waals surface area contributed by atoms with Crippen LogP contribution in [0.5, 0.6) is 0 Å². The van der Waals surface area contributed by atoms with E-state index in [4.69, 9.17) is 16.7 Å². The molecule has 20 heavy (non-hydrogen) atoms.